The van der Waals surface area contributed by atoms with Gasteiger partial charge in [0.2, 0.25) is 6.29 Å². The maximum atomic E-state index is 12.7. The molecule has 0 saturated carbocycles. The van der Waals surface area contributed by atoms with E-state index in [1.807, 2.05) is 0 Å². The number of aliphatic hydroxyl groups is 1. The van der Waals surface area contributed by atoms with E-state index in [4.69, 9.17) is 37.9 Å². The van der Waals surface area contributed by atoms with Crippen molar-refractivity contribution in [1.82, 2.24) is 0 Å². The summed E-state index contributed by atoms with van der Waals surface area (Å²) in [6.45, 7) is 13.8. The molecule has 3 aromatic rings. The Morgan fingerprint density at radius 3 is 1.61 bits per heavy atom. The van der Waals surface area contributed by atoms with Gasteiger partial charge in [0.15, 0.2) is 0 Å². The van der Waals surface area contributed by atoms with Gasteiger partial charge in [-0.2, -0.15) is 0 Å². The lowest BCUT2D eigenvalue weighted by Gasteiger charge is -2.16. The molecule has 0 spiro atoms. The number of aryl methyl sites for hydroxylation is 1. The summed E-state index contributed by atoms with van der Waals surface area (Å²) in [5, 5.41) is 10.6. The van der Waals surface area contributed by atoms with Crippen LogP contribution in [0.1, 0.15) is 41.6 Å². The van der Waals surface area contributed by atoms with Gasteiger partial charge in [-0.1, -0.05) is 13.2 Å². The van der Waals surface area contributed by atoms with Crippen LogP contribution >= 0.6 is 0 Å². The average Bonchev–Trinajstić information content (AvgIpc) is 3.08. The second-order valence-electron chi connectivity index (χ2n) is 10.6. The van der Waals surface area contributed by atoms with Crippen molar-refractivity contribution in [3.63, 3.8) is 0 Å². The molecular weight excluding hydrogens is 636 g/mol. The summed E-state index contributed by atoms with van der Waals surface area (Å²) in [5.41, 5.74) is 2.14. The molecule has 0 aliphatic carbocycles. The van der Waals surface area contributed by atoms with Gasteiger partial charge in [0.05, 0.1) is 32.0 Å². The van der Waals surface area contributed by atoms with Gasteiger partial charge in [-0.15, -0.1) is 0 Å². The molecule has 1 atom stereocenters. The van der Waals surface area contributed by atoms with E-state index in [-0.39, 0.29) is 33.0 Å². The first kappa shape index (κ1) is 38.3. The number of esters is 3. The Hall–Kier alpha value is -5.17. The van der Waals surface area contributed by atoms with Gasteiger partial charge >= 0.3 is 17.9 Å². The Morgan fingerprint density at radius 1 is 0.653 bits per heavy atom. The predicted molar refractivity (Wildman–Crippen MR) is 179 cm³/mol. The van der Waals surface area contributed by atoms with Crippen LogP contribution in [0.15, 0.2) is 91.0 Å². The van der Waals surface area contributed by atoms with Gasteiger partial charge in [0.25, 0.3) is 0 Å². The van der Waals surface area contributed by atoms with Crippen molar-refractivity contribution in [2.45, 2.75) is 27.1 Å². The van der Waals surface area contributed by atoms with Crippen LogP contribution in [0.4, 0.5) is 0 Å². The van der Waals surface area contributed by atoms with Gasteiger partial charge in [0.1, 0.15) is 49.4 Å². The number of carbonyl (C=O) groups is 3. The molecule has 3 rings (SSSR count). The molecule has 0 fully saturated rings. The molecule has 0 aliphatic rings. The van der Waals surface area contributed by atoms with Crippen LogP contribution in [-0.2, 0) is 28.5 Å². The largest absolute Gasteiger partial charge is 0.491 e. The van der Waals surface area contributed by atoms with E-state index in [0.717, 1.165) is 0 Å². The van der Waals surface area contributed by atoms with Crippen molar-refractivity contribution >= 4 is 17.9 Å². The molecule has 1 unspecified atom stereocenters. The molecule has 262 valence electrons. The molecule has 3 aromatic carbocycles. The fraction of sp³-hybridized carbons (Fsp3) is 0.324. The summed E-state index contributed by atoms with van der Waals surface area (Å²) >= 11 is 0. The molecule has 12 nitrogen and oxygen atoms in total. The van der Waals surface area contributed by atoms with Crippen LogP contribution in [0.2, 0.25) is 0 Å². The second-order valence-corrected chi connectivity index (χ2v) is 10.6. The maximum Gasteiger partial charge on any atom is 0.343 e. The number of hydrogen-bond acceptors (Lipinski definition) is 12. The number of aliphatic hydroxyl groups excluding tert-OH is 1. The molecule has 12 heteroatoms. The predicted octanol–water partition coefficient (Wildman–Crippen LogP) is 5.31. The highest BCUT2D eigenvalue weighted by atomic mass is 16.6. The molecule has 0 heterocycles. The highest BCUT2D eigenvalue weighted by Crippen LogP contribution is 2.28. The van der Waals surface area contributed by atoms with Crippen LogP contribution in [0.3, 0.4) is 0 Å². The number of hydrogen-bond donors (Lipinski definition) is 1. The number of carbonyl (C=O) groups excluding carboxylic acids is 3. The molecule has 0 radical (unpaired) electrons. The minimum Gasteiger partial charge on any atom is -0.491 e. The quantitative estimate of drug-likeness (QED) is 0.0512. The standard InChI is InChI=1S/C37H42O12/c1-25(2)34(38)46-22-18-42-16-20-44-30-10-6-28(7-11-30)36(40)48-32-14-15-33(27(5)24-32)49-37(41)29-8-12-31(13-9-29)45-21-17-43-19-23-47-35(39)26(3)4/h6-15,24,36,40H,1,3,16-23H2,2,4-5H3. The van der Waals surface area contributed by atoms with Gasteiger partial charge < -0.3 is 43.0 Å². The normalized spacial score (nSPS) is 11.2. The lowest BCUT2D eigenvalue weighted by Crippen LogP contribution is -2.14. The van der Waals surface area contributed by atoms with E-state index in [2.05, 4.69) is 13.2 Å². The third-order valence-corrected chi connectivity index (χ3v) is 6.46. The summed E-state index contributed by atoms with van der Waals surface area (Å²) < 4.78 is 43.1. The zero-order chi connectivity index (χ0) is 35.6. The van der Waals surface area contributed by atoms with E-state index in [0.29, 0.717) is 70.7 Å². The fourth-order valence-corrected chi connectivity index (χ4v) is 3.86. The van der Waals surface area contributed by atoms with Gasteiger partial charge in [0, 0.05) is 16.7 Å². The molecule has 0 bridgehead atoms. The van der Waals surface area contributed by atoms with Crippen LogP contribution in [0.25, 0.3) is 0 Å². The Morgan fingerprint density at radius 2 is 1.12 bits per heavy atom. The summed E-state index contributed by atoms with van der Waals surface area (Å²) in [7, 11) is 0. The zero-order valence-electron chi connectivity index (χ0n) is 27.9. The van der Waals surface area contributed by atoms with Crippen molar-refractivity contribution in [1.29, 1.82) is 0 Å². The van der Waals surface area contributed by atoms with Crippen molar-refractivity contribution < 1.29 is 57.4 Å². The highest BCUT2D eigenvalue weighted by Gasteiger charge is 2.14. The Bertz CT molecular complexity index is 1550. The summed E-state index contributed by atoms with van der Waals surface area (Å²) in [5.74, 6) is 0.402. The fourth-order valence-electron chi connectivity index (χ4n) is 3.86. The monoisotopic (exact) mass is 678 g/mol. The zero-order valence-corrected chi connectivity index (χ0v) is 27.9. The summed E-state index contributed by atoms with van der Waals surface area (Å²) in [6, 6.07) is 18.1. The Balaban J connectivity index is 1.37. The molecule has 0 saturated heterocycles. The van der Waals surface area contributed by atoms with E-state index in [1.54, 1.807) is 87.5 Å². The third-order valence-electron chi connectivity index (χ3n) is 6.46. The molecule has 49 heavy (non-hydrogen) atoms. The Kier molecular flexibility index (Phi) is 15.8. The van der Waals surface area contributed by atoms with Crippen molar-refractivity contribution in [3.8, 4) is 23.0 Å². The van der Waals surface area contributed by atoms with E-state index < -0.39 is 24.2 Å². The Labute approximate surface area is 285 Å². The number of rotatable bonds is 21. The first-order chi connectivity index (χ1) is 23.5. The van der Waals surface area contributed by atoms with Crippen LogP contribution < -0.4 is 18.9 Å². The first-order valence-corrected chi connectivity index (χ1v) is 15.5. The van der Waals surface area contributed by atoms with Crippen LogP contribution in [0.5, 0.6) is 23.0 Å². The van der Waals surface area contributed by atoms with E-state index in [1.165, 1.54) is 0 Å². The van der Waals surface area contributed by atoms with Gasteiger partial charge in [-0.25, -0.2) is 14.4 Å². The lowest BCUT2D eigenvalue weighted by atomic mass is 10.2. The smallest absolute Gasteiger partial charge is 0.343 e. The topological polar surface area (TPSA) is 145 Å². The first-order valence-electron chi connectivity index (χ1n) is 15.5. The van der Waals surface area contributed by atoms with Gasteiger partial charge in [-0.05, 0) is 93.1 Å². The van der Waals surface area contributed by atoms with E-state index in [9.17, 15) is 19.5 Å². The number of benzene rings is 3. The molecule has 0 aromatic heterocycles. The second kappa shape index (κ2) is 20.3. The summed E-state index contributed by atoms with van der Waals surface area (Å²) in [4.78, 5) is 35.4. The number of ether oxygens (including phenoxy) is 8. The van der Waals surface area contributed by atoms with Crippen LogP contribution in [0, 0.1) is 6.92 Å². The average molecular weight is 679 g/mol. The molecule has 0 aliphatic heterocycles. The van der Waals surface area contributed by atoms with Gasteiger partial charge in [-0.3, -0.25) is 0 Å². The molecular formula is C37H42O12. The van der Waals surface area contributed by atoms with Crippen molar-refractivity contribution in [3.05, 3.63) is 108 Å². The van der Waals surface area contributed by atoms with E-state index >= 15 is 0 Å². The highest BCUT2D eigenvalue weighted by molar-refractivity contribution is 5.91. The minimum atomic E-state index is -1.24. The van der Waals surface area contributed by atoms with Crippen molar-refractivity contribution in [2.75, 3.05) is 52.9 Å². The SMILES string of the molecule is C=C(C)C(=O)OCCOCCOc1ccc(C(=O)Oc2ccc(OC(O)c3ccc(OCCOCCOC(=O)C(=C)C)cc3)cc2C)cc1. The minimum absolute atomic E-state index is 0.130. The molecule has 0 amide bonds. The summed E-state index contributed by atoms with van der Waals surface area (Å²) in [6.07, 6.45) is -1.24. The lowest BCUT2D eigenvalue weighted by molar-refractivity contribution is -0.141. The molecule has 1 N–H and O–H groups in total. The third kappa shape index (κ3) is 13.8. The maximum absolute atomic E-state index is 12.7. The van der Waals surface area contributed by atoms with Crippen LogP contribution in [-0.4, -0.2) is 75.9 Å². The van der Waals surface area contributed by atoms with Crippen molar-refractivity contribution in [2.24, 2.45) is 0 Å².